The van der Waals surface area contributed by atoms with Crippen molar-refractivity contribution in [2.24, 2.45) is 0 Å². The number of carbonyl (C=O) groups excluding carboxylic acids is 2. The second-order valence-electron chi connectivity index (χ2n) is 4.78. The van der Waals surface area contributed by atoms with Gasteiger partial charge in [-0.15, -0.1) is 0 Å². The Hall–Kier alpha value is -2.15. The molecule has 0 atom stereocenters. The zero-order chi connectivity index (χ0) is 17.2. The summed E-state index contributed by atoms with van der Waals surface area (Å²) in [5.41, 5.74) is -0.553. The van der Waals surface area contributed by atoms with Gasteiger partial charge in [0.2, 0.25) is 0 Å². The lowest BCUT2D eigenvalue weighted by Crippen LogP contribution is -2.15. The second-order valence-corrected chi connectivity index (χ2v) is 5.69. The Morgan fingerprint density at radius 3 is 2.39 bits per heavy atom. The van der Waals surface area contributed by atoms with Crippen molar-refractivity contribution in [3.05, 3.63) is 63.6 Å². The molecule has 0 aromatic heterocycles. The monoisotopic (exact) mass is 385 g/mol. The summed E-state index contributed by atoms with van der Waals surface area (Å²) in [5, 5.41) is 2.47. The lowest BCUT2D eigenvalue weighted by atomic mass is 10.1. The van der Waals surface area contributed by atoms with Gasteiger partial charge in [-0.1, -0.05) is 22.0 Å². The first kappa shape index (κ1) is 17.2. The maximum absolute atomic E-state index is 12.7. The van der Waals surface area contributed by atoms with Gasteiger partial charge < -0.3 is 5.32 Å². The SMILES string of the molecule is CC(=O)c1ccc(Br)cc1NC(=O)c1cccc(C(F)(F)F)c1. The minimum Gasteiger partial charge on any atom is -0.321 e. The molecule has 0 aliphatic heterocycles. The normalized spacial score (nSPS) is 11.2. The van der Waals surface area contributed by atoms with Gasteiger partial charge >= 0.3 is 6.18 Å². The smallest absolute Gasteiger partial charge is 0.321 e. The summed E-state index contributed by atoms with van der Waals surface area (Å²) in [4.78, 5) is 23.7. The Bertz CT molecular complexity index is 772. The average Bonchev–Trinajstić information content (AvgIpc) is 2.46. The Kier molecular flexibility index (Phi) is 4.89. The second kappa shape index (κ2) is 6.54. The third-order valence-electron chi connectivity index (χ3n) is 3.06. The summed E-state index contributed by atoms with van der Waals surface area (Å²) in [7, 11) is 0. The van der Waals surface area contributed by atoms with Gasteiger partial charge in [0.25, 0.3) is 5.91 Å². The van der Waals surface area contributed by atoms with Gasteiger partial charge in [0.05, 0.1) is 11.3 Å². The maximum atomic E-state index is 12.7. The molecule has 2 aromatic rings. The van der Waals surface area contributed by atoms with Gasteiger partial charge in [-0.3, -0.25) is 9.59 Å². The molecule has 0 unspecified atom stereocenters. The van der Waals surface area contributed by atoms with Gasteiger partial charge in [-0.05, 0) is 43.3 Å². The summed E-state index contributed by atoms with van der Waals surface area (Å²) < 4.78 is 38.7. The number of nitrogens with one attached hydrogen (secondary N) is 1. The third-order valence-corrected chi connectivity index (χ3v) is 3.55. The Morgan fingerprint density at radius 1 is 1.09 bits per heavy atom. The number of rotatable bonds is 3. The lowest BCUT2D eigenvalue weighted by molar-refractivity contribution is -0.137. The predicted molar refractivity (Wildman–Crippen MR) is 83.5 cm³/mol. The molecule has 0 radical (unpaired) electrons. The van der Waals surface area contributed by atoms with Crippen molar-refractivity contribution in [2.75, 3.05) is 5.32 Å². The van der Waals surface area contributed by atoms with Gasteiger partial charge in [-0.2, -0.15) is 13.2 Å². The molecule has 1 N–H and O–H groups in total. The van der Waals surface area contributed by atoms with Crippen molar-refractivity contribution in [3.8, 4) is 0 Å². The van der Waals surface area contributed by atoms with E-state index in [1.807, 2.05) is 0 Å². The van der Waals surface area contributed by atoms with E-state index in [9.17, 15) is 22.8 Å². The maximum Gasteiger partial charge on any atom is 0.416 e. The van der Waals surface area contributed by atoms with Gasteiger partial charge in [0.15, 0.2) is 5.78 Å². The van der Waals surface area contributed by atoms with E-state index in [1.165, 1.54) is 25.1 Å². The summed E-state index contributed by atoms with van der Waals surface area (Å²) in [6, 6.07) is 8.76. The molecule has 0 saturated carbocycles. The standard InChI is InChI=1S/C16H11BrF3NO2/c1-9(22)13-6-5-12(17)8-14(13)21-15(23)10-3-2-4-11(7-10)16(18,19)20/h2-8H,1H3,(H,21,23). The number of halogens is 4. The first-order valence-electron chi connectivity index (χ1n) is 6.47. The quantitative estimate of drug-likeness (QED) is 0.761. The minimum absolute atomic E-state index is 0.144. The third kappa shape index (κ3) is 4.19. The molecule has 0 spiro atoms. The summed E-state index contributed by atoms with van der Waals surface area (Å²) >= 11 is 3.22. The first-order valence-corrected chi connectivity index (χ1v) is 7.27. The van der Waals surface area contributed by atoms with Crippen molar-refractivity contribution in [3.63, 3.8) is 0 Å². The molecule has 2 rings (SSSR count). The molecular formula is C16H11BrF3NO2. The van der Waals surface area contributed by atoms with Gasteiger partial charge in [0.1, 0.15) is 0 Å². The molecule has 0 aliphatic rings. The Balaban J connectivity index is 2.33. The fourth-order valence-electron chi connectivity index (χ4n) is 1.96. The van der Waals surface area contributed by atoms with E-state index in [-0.39, 0.29) is 22.6 Å². The number of benzene rings is 2. The minimum atomic E-state index is -4.53. The predicted octanol–water partition coefficient (Wildman–Crippen LogP) is 4.92. The molecule has 0 heterocycles. The van der Waals surface area contributed by atoms with Crippen LogP contribution in [-0.4, -0.2) is 11.7 Å². The van der Waals surface area contributed by atoms with Crippen LogP contribution in [0.15, 0.2) is 46.9 Å². The highest BCUT2D eigenvalue weighted by Crippen LogP contribution is 2.30. The number of hydrogen-bond donors (Lipinski definition) is 1. The molecular weight excluding hydrogens is 375 g/mol. The van der Waals surface area contributed by atoms with Crippen molar-refractivity contribution >= 4 is 33.3 Å². The van der Waals surface area contributed by atoms with Crippen LogP contribution in [-0.2, 0) is 6.18 Å². The molecule has 0 fully saturated rings. The van der Waals surface area contributed by atoms with E-state index in [1.54, 1.807) is 6.07 Å². The molecule has 0 aliphatic carbocycles. The van der Waals surface area contributed by atoms with Gasteiger partial charge in [-0.25, -0.2) is 0 Å². The summed E-state index contributed by atoms with van der Waals surface area (Å²) in [5.74, 6) is -0.992. The lowest BCUT2D eigenvalue weighted by Gasteiger charge is -2.11. The molecule has 7 heteroatoms. The summed E-state index contributed by atoms with van der Waals surface area (Å²) in [6.45, 7) is 1.34. The zero-order valence-electron chi connectivity index (χ0n) is 11.9. The Morgan fingerprint density at radius 2 is 1.78 bits per heavy atom. The number of carbonyl (C=O) groups is 2. The van der Waals surface area contributed by atoms with E-state index in [0.717, 1.165) is 18.2 Å². The largest absolute Gasteiger partial charge is 0.416 e. The van der Waals surface area contributed by atoms with Crippen LogP contribution in [0.25, 0.3) is 0 Å². The van der Waals surface area contributed by atoms with Crippen LogP contribution in [0, 0.1) is 0 Å². The molecule has 23 heavy (non-hydrogen) atoms. The summed E-state index contributed by atoms with van der Waals surface area (Å²) in [6.07, 6.45) is -4.53. The molecule has 2 aromatic carbocycles. The molecule has 0 saturated heterocycles. The fourth-order valence-corrected chi connectivity index (χ4v) is 2.32. The number of anilines is 1. The highest BCUT2D eigenvalue weighted by molar-refractivity contribution is 9.10. The van der Waals surface area contributed by atoms with Crippen LogP contribution in [0.1, 0.15) is 33.2 Å². The fraction of sp³-hybridized carbons (Fsp3) is 0.125. The van der Waals surface area contributed by atoms with Crippen molar-refractivity contribution in [1.82, 2.24) is 0 Å². The van der Waals surface area contributed by atoms with Crippen LogP contribution in [0.3, 0.4) is 0 Å². The highest BCUT2D eigenvalue weighted by Gasteiger charge is 2.30. The average molecular weight is 386 g/mol. The highest BCUT2D eigenvalue weighted by atomic mass is 79.9. The number of ketones is 1. The van der Waals surface area contributed by atoms with Crippen LogP contribution >= 0.6 is 15.9 Å². The van der Waals surface area contributed by atoms with Crippen LogP contribution in [0.5, 0.6) is 0 Å². The van der Waals surface area contributed by atoms with E-state index in [4.69, 9.17) is 0 Å². The van der Waals surface area contributed by atoms with Crippen molar-refractivity contribution in [1.29, 1.82) is 0 Å². The number of hydrogen-bond acceptors (Lipinski definition) is 2. The number of Topliss-reactive ketones (excluding diaryl/α,β-unsaturated/α-hetero) is 1. The molecule has 3 nitrogen and oxygen atoms in total. The zero-order valence-corrected chi connectivity index (χ0v) is 13.5. The van der Waals surface area contributed by atoms with Crippen LogP contribution in [0.2, 0.25) is 0 Å². The molecule has 0 bridgehead atoms. The van der Waals surface area contributed by atoms with Crippen LogP contribution in [0.4, 0.5) is 18.9 Å². The van der Waals surface area contributed by atoms with Crippen molar-refractivity contribution < 1.29 is 22.8 Å². The van der Waals surface area contributed by atoms with Crippen LogP contribution < -0.4 is 5.32 Å². The number of amides is 1. The van der Waals surface area contributed by atoms with Crippen molar-refractivity contribution in [2.45, 2.75) is 13.1 Å². The topological polar surface area (TPSA) is 46.2 Å². The van der Waals surface area contributed by atoms with E-state index in [2.05, 4.69) is 21.2 Å². The van der Waals surface area contributed by atoms with E-state index in [0.29, 0.717) is 4.47 Å². The van der Waals surface area contributed by atoms with E-state index < -0.39 is 17.6 Å². The first-order chi connectivity index (χ1) is 10.7. The molecule has 120 valence electrons. The number of alkyl halides is 3. The van der Waals surface area contributed by atoms with E-state index >= 15 is 0 Å². The molecule has 1 amide bonds. The van der Waals surface area contributed by atoms with Gasteiger partial charge in [0, 0.05) is 15.6 Å². The Labute approximate surface area is 138 Å².